The molecule has 2 aliphatic heterocycles. The normalized spacial score (nSPS) is 31.1. The minimum absolute atomic E-state index is 0.0656. The summed E-state index contributed by atoms with van der Waals surface area (Å²) in [5.74, 6) is 1.52. The minimum Gasteiger partial charge on any atom is -0.422 e. The molecule has 8 heteroatoms. The van der Waals surface area contributed by atoms with Crippen LogP contribution in [-0.2, 0) is 14.8 Å². The second-order valence-corrected chi connectivity index (χ2v) is 7.85. The van der Waals surface area contributed by atoms with Crippen LogP contribution < -0.4 is 0 Å². The summed E-state index contributed by atoms with van der Waals surface area (Å²) >= 11 is 0. The molecule has 112 valence electrons. The lowest BCUT2D eigenvalue weighted by Crippen LogP contribution is -2.29. The molecule has 20 heavy (non-hydrogen) atoms. The summed E-state index contributed by atoms with van der Waals surface area (Å²) in [6.45, 7) is 4.92. The van der Waals surface area contributed by atoms with Gasteiger partial charge in [0.2, 0.25) is 21.8 Å². The fourth-order valence-corrected chi connectivity index (χ4v) is 3.65. The van der Waals surface area contributed by atoms with E-state index in [1.807, 2.05) is 13.8 Å². The molecule has 0 saturated carbocycles. The van der Waals surface area contributed by atoms with E-state index < -0.39 is 10.0 Å². The molecule has 0 N–H and O–H groups in total. The van der Waals surface area contributed by atoms with Crippen LogP contribution in [0.25, 0.3) is 0 Å². The van der Waals surface area contributed by atoms with E-state index in [9.17, 15) is 8.42 Å². The fourth-order valence-electron chi connectivity index (χ4n) is 2.77. The summed E-state index contributed by atoms with van der Waals surface area (Å²) in [6.07, 6.45) is 1.70. The van der Waals surface area contributed by atoms with Crippen LogP contribution in [0.5, 0.6) is 0 Å². The molecule has 7 nitrogen and oxygen atoms in total. The number of rotatable bonds is 3. The second-order valence-electron chi connectivity index (χ2n) is 5.87. The first kappa shape index (κ1) is 14.0. The van der Waals surface area contributed by atoms with E-state index in [2.05, 4.69) is 10.2 Å². The number of ether oxygens (including phenoxy) is 1. The monoisotopic (exact) mass is 301 g/mol. The van der Waals surface area contributed by atoms with Gasteiger partial charge >= 0.3 is 0 Å². The van der Waals surface area contributed by atoms with Crippen molar-refractivity contribution in [2.24, 2.45) is 5.92 Å². The van der Waals surface area contributed by atoms with Crippen LogP contribution in [0.2, 0.25) is 0 Å². The van der Waals surface area contributed by atoms with Gasteiger partial charge in [-0.2, -0.15) is 4.31 Å². The zero-order chi connectivity index (χ0) is 14.5. The zero-order valence-corrected chi connectivity index (χ0v) is 12.6. The van der Waals surface area contributed by atoms with Crippen molar-refractivity contribution in [3.05, 3.63) is 11.8 Å². The van der Waals surface area contributed by atoms with Crippen LogP contribution >= 0.6 is 0 Å². The average molecular weight is 301 g/mol. The molecule has 3 heterocycles. The molecular weight excluding hydrogens is 282 g/mol. The minimum atomic E-state index is -3.13. The Labute approximate surface area is 118 Å². The average Bonchev–Trinajstić information content (AvgIpc) is 3.00. The highest BCUT2D eigenvalue weighted by molar-refractivity contribution is 7.88. The molecule has 3 atom stereocenters. The third-order valence-electron chi connectivity index (χ3n) is 3.90. The topological polar surface area (TPSA) is 85.5 Å². The lowest BCUT2D eigenvalue weighted by atomic mass is 10.0. The van der Waals surface area contributed by atoms with Gasteiger partial charge in [0, 0.05) is 24.9 Å². The van der Waals surface area contributed by atoms with E-state index in [4.69, 9.17) is 9.15 Å². The fraction of sp³-hybridized carbons (Fsp3) is 0.833. The predicted octanol–water partition coefficient (Wildman–Crippen LogP) is 0.914. The highest BCUT2D eigenvalue weighted by Gasteiger charge is 2.46. The summed E-state index contributed by atoms with van der Waals surface area (Å²) in [5.41, 5.74) is 0. The lowest BCUT2D eigenvalue weighted by molar-refractivity contribution is 0.0275. The maximum absolute atomic E-state index is 11.5. The Morgan fingerprint density at radius 1 is 1.30 bits per heavy atom. The molecule has 2 saturated heterocycles. The zero-order valence-electron chi connectivity index (χ0n) is 11.8. The first-order valence-corrected chi connectivity index (χ1v) is 8.63. The third kappa shape index (κ3) is 2.47. The predicted molar refractivity (Wildman–Crippen MR) is 70.5 cm³/mol. The SMILES string of the molecule is CC(C)c1nnc([C@@H]2C[C@H]3CN(S(C)(=O)=O)C[C@H]3O2)o1. The number of aromatic nitrogens is 2. The quantitative estimate of drug-likeness (QED) is 0.825. The van der Waals surface area contributed by atoms with Crippen LogP contribution in [0, 0.1) is 5.92 Å². The molecule has 1 aromatic heterocycles. The van der Waals surface area contributed by atoms with Crippen LogP contribution in [-0.4, -0.2) is 48.4 Å². The van der Waals surface area contributed by atoms with Gasteiger partial charge in [0.05, 0.1) is 12.4 Å². The lowest BCUT2D eigenvalue weighted by Gasteiger charge is -2.15. The van der Waals surface area contributed by atoms with Gasteiger partial charge < -0.3 is 9.15 Å². The Bertz CT molecular complexity index is 584. The van der Waals surface area contributed by atoms with E-state index in [1.54, 1.807) is 0 Å². The Balaban J connectivity index is 1.68. The van der Waals surface area contributed by atoms with Gasteiger partial charge in [0.15, 0.2) is 0 Å². The van der Waals surface area contributed by atoms with Gasteiger partial charge in [-0.25, -0.2) is 8.42 Å². The summed E-state index contributed by atoms with van der Waals surface area (Å²) in [5, 5.41) is 8.05. The Kier molecular flexibility index (Phi) is 3.34. The van der Waals surface area contributed by atoms with Crippen molar-refractivity contribution in [2.75, 3.05) is 19.3 Å². The van der Waals surface area contributed by atoms with E-state index >= 15 is 0 Å². The molecule has 0 bridgehead atoms. The number of hydrogen-bond donors (Lipinski definition) is 0. The van der Waals surface area contributed by atoms with Gasteiger partial charge in [-0.3, -0.25) is 0 Å². The van der Waals surface area contributed by atoms with Crippen molar-refractivity contribution in [2.45, 2.75) is 38.4 Å². The molecule has 0 aliphatic carbocycles. The van der Waals surface area contributed by atoms with E-state index in [1.165, 1.54) is 10.6 Å². The molecule has 0 radical (unpaired) electrons. The summed E-state index contributed by atoms with van der Waals surface area (Å²) in [4.78, 5) is 0. The van der Waals surface area contributed by atoms with Gasteiger partial charge in [-0.15, -0.1) is 10.2 Å². The molecule has 0 unspecified atom stereocenters. The van der Waals surface area contributed by atoms with Gasteiger partial charge in [-0.1, -0.05) is 13.8 Å². The summed E-state index contributed by atoms with van der Waals surface area (Å²) in [6, 6.07) is 0. The standard InChI is InChI=1S/C12H19N3O4S/c1-7(2)11-13-14-12(19-11)9-4-8-5-15(20(3,16)17)6-10(8)18-9/h7-10H,4-6H2,1-3H3/t8-,9-,10+/m0/s1. The highest BCUT2D eigenvalue weighted by atomic mass is 32.2. The van der Waals surface area contributed by atoms with Crippen LogP contribution in [0.4, 0.5) is 0 Å². The molecule has 0 aromatic carbocycles. The maximum Gasteiger partial charge on any atom is 0.245 e. The molecule has 0 spiro atoms. The van der Waals surface area contributed by atoms with E-state index in [-0.39, 0.29) is 24.0 Å². The van der Waals surface area contributed by atoms with Crippen molar-refractivity contribution in [1.82, 2.24) is 14.5 Å². The number of hydrogen-bond acceptors (Lipinski definition) is 6. The van der Waals surface area contributed by atoms with Crippen LogP contribution in [0.3, 0.4) is 0 Å². The van der Waals surface area contributed by atoms with Gasteiger partial charge in [0.25, 0.3) is 0 Å². The molecule has 2 fully saturated rings. The molecule has 1 aromatic rings. The van der Waals surface area contributed by atoms with E-state index in [0.29, 0.717) is 24.9 Å². The van der Waals surface area contributed by atoms with Crippen molar-refractivity contribution in [3.8, 4) is 0 Å². The molecule has 0 amide bonds. The molecule has 2 aliphatic rings. The Morgan fingerprint density at radius 3 is 2.60 bits per heavy atom. The summed E-state index contributed by atoms with van der Waals surface area (Å²) in [7, 11) is -3.13. The van der Waals surface area contributed by atoms with Crippen LogP contribution in [0.15, 0.2) is 4.42 Å². The van der Waals surface area contributed by atoms with Crippen molar-refractivity contribution in [3.63, 3.8) is 0 Å². The van der Waals surface area contributed by atoms with Crippen molar-refractivity contribution >= 4 is 10.0 Å². The first-order valence-electron chi connectivity index (χ1n) is 6.78. The Morgan fingerprint density at radius 2 is 2.05 bits per heavy atom. The van der Waals surface area contributed by atoms with Gasteiger partial charge in [0.1, 0.15) is 6.10 Å². The number of nitrogens with zero attached hydrogens (tertiary/aromatic N) is 3. The second kappa shape index (κ2) is 4.78. The molecular formula is C12H19N3O4S. The maximum atomic E-state index is 11.5. The largest absolute Gasteiger partial charge is 0.422 e. The Hall–Kier alpha value is -0.990. The molecule has 3 rings (SSSR count). The van der Waals surface area contributed by atoms with Crippen molar-refractivity contribution in [1.29, 1.82) is 0 Å². The smallest absolute Gasteiger partial charge is 0.245 e. The van der Waals surface area contributed by atoms with E-state index in [0.717, 1.165) is 6.42 Å². The van der Waals surface area contributed by atoms with Gasteiger partial charge in [-0.05, 0) is 6.42 Å². The number of sulfonamides is 1. The third-order valence-corrected chi connectivity index (χ3v) is 5.13. The summed E-state index contributed by atoms with van der Waals surface area (Å²) < 4.78 is 36.0. The van der Waals surface area contributed by atoms with Crippen LogP contribution in [0.1, 0.15) is 44.1 Å². The number of fused-ring (bicyclic) bond motifs is 1. The first-order chi connectivity index (χ1) is 9.34. The highest BCUT2D eigenvalue weighted by Crippen LogP contribution is 2.41. The van der Waals surface area contributed by atoms with Crippen molar-refractivity contribution < 1.29 is 17.6 Å².